The first-order valence-electron chi connectivity index (χ1n) is 7.67. The molecule has 1 fully saturated rings. The van der Waals surface area contributed by atoms with E-state index in [1.165, 1.54) is 0 Å². The van der Waals surface area contributed by atoms with Gasteiger partial charge in [-0.1, -0.05) is 11.2 Å². The number of carboxylic acid groups (broad SMARTS) is 1. The van der Waals surface area contributed by atoms with E-state index in [-0.39, 0.29) is 18.7 Å². The number of hydrogen-bond donors (Lipinski definition) is 2. The number of nitrogens with zero attached hydrogens (tertiary/aromatic N) is 4. The number of aliphatic carboxylic acids is 1. The number of nitrogens with two attached hydrogens (primary N) is 1. The summed E-state index contributed by atoms with van der Waals surface area (Å²) < 4.78 is 0. The zero-order valence-electron chi connectivity index (χ0n) is 13.3. The highest BCUT2D eigenvalue weighted by atomic mass is 16.7. The third-order valence-electron chi connectivity index (χ3n) is 3.54. The number of carbonyl (C=O) groups is 2. The van der Waals surface area contributed by atoms with Gasteiger partial charge in [0.2, 0.25) is 0 Å². The van der Waals surface area contributed by atoms with Crippen LogP contribution in [0.5, 0.6) is 0 Å². The van der Waals surface area contributed by atoms with Crippen molar-refractivity contribution in [3.63, 3.8) is 0 Å². The second-order valence-corrected chi connectivity index (χ2v) is 5.39. The van der Waals surface area contributed by atoms with Gasteiger partial charge in [-0.15, -0.1) is 0 Å². The first-order chi connectivity index (χ1) is 11.5. The summed E-state index contributed by atoms with van der Waals surface area (Å²) in [6.07, 6.45) is 1.25. The summed E-state index contributed by atoms with van der Waals surface area (Å²) in [6.45, 7) is 3.62. The summed E-state index contributed by atoms with van der Waals surface area (Å²) >= 11 is 0. The molecule has 1 aromatic rings. The number of anilines is 1. The topological polar surface area (TPSA) is 121 Å². The average molecular weight is 335 g/mol. The van der Waals surface area contributed by atoms with E-state index in [9.17, 15) is 9.59 Å². The molecule has 1 aliphatic heterocycles. The maximum Gasteiger partial charge on any atom is 0.335 e. The summed E-state index contributed by atoms with van der Waals surface area (Å²) in [6, 6.07) is 5.81. The van der Waals surface area contributed by atoms with Crippen molar-refractivity contribution in [1.29, 1.82) is 0 Å². The van der Waals surface area contributed by atoms with Gasteiger partial charge < -0.3 is 20.6 Å². The van der Waals surface area contributed by atoms with Gasteiger partial charge in [0, 0.05) is 32.4 Å². The van der Waals surface area contributed by atoms with Crippen LogP contribution in [0.15, 0.2) is 29.6 Å². The minimum Gasteiger partial charge on any atom is -0.481 e. The molecular formula is C15H21N5O4. The van der Waals surface area contributed by atoms with Crippen LogP contribution < -0.4 is 10.6 Å². The lowest BCUT2D eigenvalue weighted by Gasteiger charge is -2.35. The molecule has 24 heavy (non-hydrogen) atoms. The van der Waals surface area contributed by atoms with Gasteiger partial charge in [0.15, 0.2) is 5.84 Å². The SMILES string of the molecule is NC(CN1CCN(c2ccccn2)CC1)=NOC(=O)CCC(=O)O. The number of hydrogen-bond acceptors (Lipinski definition) is 7. The van der Waals surface area contributed by atoms with Crippen LogP contribution in [-0.2, 0) is 14.4 Å². The van der Waals surface area contributed by atoms with Crippen LogP contribution >= 0.6 is 0 Å². The minimum absolute atomic E-state index is 0.185. The second kappa shape index (κ2) is 8.82. The molecule has 0 unspecified atom stereocenters. The van der Waals surface area contributed by atoms with Gasteiger partial charge >= 0.3 is 11.9 Å². The molecule has 1 saturated heterocycles. The maximum absolute atomic E-state index is 11.3. The first kappa shape index (κ1) is 17.7. The lowest BCUT2D eigenvalue weighted by Crippen LogP contribution is -2.49. The molecular weight excluding hydrogens is 314 g/mol. The van der Waals surface area contributed by atoms with E-state index < -0.39 is 11.9 Å². The van der Waals surface area contributed by atoms with Crippen LogP contribution in [0.25, 0.3) is 0 Å². The zero-order valence-corrected chi connectivity index (χ0v) is 13.3. The Morgan fingerprint density at radius 3 is 2.62 bits per heavy atom. The number of carboxylic acids is 1. The van der Waals surface area contributed by atoms with Crippen molar-refractivity contribution in [2.75, 3.05) is 37.6 Å². The Balaban J connectivity index is 1.72. The summed E-state index contributed by atoms with van der Waals surface area (Å²) in [5.74, 6) is -0.633. The molecule has 0 atom stereocenters. The van der Waals surface area contributed by atoms with Gasteiger partial charge in [-0.05, 0) is 12.1 Å². The van der Waals surface area contributed by atoms with Crippen molar-refractivity contribution < 1.29 is 19.5 Å². The first-order valence-corrected chi connectivity index (χ1v) is 7.67. The highest BCUT2D eigenvalue weighted by molar-refractivity contribution is 5.83. The standard InChI is InChI=1S/C15H21N5O4/c16-12(18-24-15(23)5-4-14(21)22)11-19-7-9-20(10-8-19)13-3-1-2-6-17-13/h1-3,6H,4-5,7-11H2,(H2,16,18)(H,21,22). The van der Waals surface area contributed by atoms with E-state index in [1.807, 2.05) is 18.2 Å². The van der Waals surface area contributed by atoms with E-state index in [1.54, 1.807) is 6.20 Å². The third kappa shape index (κ3) is 5.84. The predicted molar refractivity (Wildman–Crippen MR) is 87.5 cm³/mol. The van der Waals surface area contributed by atoms with E-state index >= 15 is 0 Å². The molecule has 0 bridgehead atoms. The molecule has 130 valence electrons. The predicted octanol–water partition coefficient (Wildman–Crippen LogP) is -0.116. The molecule has 3 N–H and O–H groups in total. The Morgan fingerprint density at radius 1 is 1.25 bits per heavy atom. The van der Waals surface area contributed by atoms with Crippen molar-refractivity contribution >= 4 is 23.6 Å². The smallest absolute Gasteiger partial charge is 0.335 e. The number of oxime groups is 1. The Bertz CT molecular complexity index is 585. The minimum atomic E-state index is -1.06. The van der Waals surface area contributed by atoms with Gasteiger partial charge in [-0.25, -0.2) is 9.78 Å². The van der Waals surface area contributed by atoms with Gasteiger partial charge in [0.1, 0.15) is 5.82 Å². The number of pyridine rings is 1. The molecule has 0 spiro atoms. The van der Waals surface area contributed by atoms with Gasteiger partial charge in [0.05, 0.1) is 19.4 Å². The molecule has 9 heteroatoms. The van der Waals surface area contributed by atoms with E-state index in [4.69, 9.17) is 10.8 Å². The third-order valence-corrected chi connectivity index (χ3v) is 3.54. The summed E-state index contributed by atoms with van der Waals surface area (Å²) in [7, 11) is 0. The number of piperazine rings is 1. The fourth-order valence-electron chi connectivity index (χ4n) is 2.30. The zero-order chi connectivity index (χ0) is 17.4. The van der Waals surface area contributed by atoms with Crippen LogP contribution in [0.1, 0.15) is 12.8 Å². The molecule has 2 rings (SSSR count). The molecule has 1 aliphatic rings. The van der Waals surface area contributed by atoms with Crippen molar-refractivity contribution in [3.05, 3.63) is 24.4 Å². The lowest BCUT2D eigenvalue weighted by atomic mass is 10.3. The van der Waals surface area contributed by atoms with E-state index in [2.05, 4.69) is 24.8 Å². The van der Waals surface area contributed by atoms with Crippen molar-refractivity contribution in [2.24, 2.45) is 10.9 Å². The van der Waals surface area contributed by atoms with Crippen molar-refractivity contribution in [1.82, 2.24) is 9.88 Å². The van der Waals surface area contributed by atoms with Crippen LogP contribution in [-0.4, -0.2) is 65.5 Å². The average Bonchev–Trinajstić information content (AvgIpc) is 2.59. The Hall–Kier alpha value is -2.68. The van der Waals surface area contributed by atoms with E-state index in [0.29, 0.717) is 6.54 Å². The van der Waals surface area contributed by atoms with Crippen LogP contribution in [0.4, 0.5) is 5.82 Å². The number of carbonyl (C=O) groups excluding carboxylic acids is 1. The molecule has 0 radical (unpaired) electrons. The molecule has 0 saturated carbocycles. The fourth-order valence-corrected chi connectivity index (χ4v) is 2.30. The summed E-state index contributed by atoms with van der Waals surface area (Å²) in [5, 5.41) is 12.0. The number of amidine groups is 1. The van der Waals surface area contributed by atoms with Crippen molar-refractivity contribution in [2.45, 2.75) is 12.8 Å². The molecule has 0 amide bonds. The highest BCUT2D eigenvalue weighted by Gasteiger charge is 2.18. The Kier molecular flexibility index (Phi) is 6.50. The van der Waals surface area contributed by atoms with E-state index in [0.717, 1.165) is 32.0 Å². The number of aromatic nitrogens is 1. The normalized spacial score (nSPS) is 16.0. The van der Waals surface area contributed by atoms with Crippen molar-refractivity contribution in [3.8, 4) is 0 Å². The number of rotatable bonds is 7. The van der Waals surface area contributed by atoms with Gasteiger partial charge in [-0.3, -0.25) is 9.69 Å². The molecule has 2 heterocycles. The van der Waals surface area contributed by atoms with Crippen LogP contribution in [0.2, 0.25) is 0 Å². The molecule has 0 aromatic carbocycles. The molecule has 0 aliphatic carbocycles. The Labute approximate surface area is 139 Å². The monoisotopic (exact) mass is 335 g/mol. The summed E-state index contributed by atoms with van der Waals surface area (Å²) in [4.78, 5) is 34.8. The molecule has 9 nitrogen and oxygen atoms in total. The highest BCUT2D eigenvalue weighted by Crippen LogP contribution is 2.12. The Morgan fingerprint density at radius 2 is 2.00 bits per heavy atom. The maximum atomic E-state index is 11.3. The van der Waals surface area contributed by atoms with Crippen LogP contribution in [0, 0.1) is 0 Å². The molecule has 1 aromatic heterocycles. The quantitative estimate of drug-likeness (QED) is 0.306. The van der Waals surface area contributed by atoms with Gasteiger partial charge in [-0.2, -0.15) is 0 Å². The largest absolute Gasteiger partial charge is 0.481 e. The second-order valence-electron chi connectivity index (χ2n) is 5.39. The van der Waals surface area contributed by atoms with Crippen LogP contribution in [0.3, 0.4) is 0 Å². The summed E-state index contributed by atoms with van der Waals surface area (Å²) in [5.41, 5.74) is 5.74. The fraction of sp³-hybridized carbons (Fsp3) is 0.467. The van der Waals surface area contributed by atoms with Gasteiger partial charge in [0.25, 0.3) is 0 Å². The lowest BCUT2D eigenvalue weighted by molar-refractivity contribution is -0.147.